The van der Waals surface area contributed by atoms with Crippen molar-refractivity contribution >= 4 is 5.97 Å². The van der Waals surface area contributed by atoms with Gasteiger partial charge in [-0.1, -0.05) is 0 Å². The zero-order valence-electron chi connectivity index (χ0n) is 12.3. The summed E-state index contributed by atoms with van der Waals surface area (Å²) in [6.07, 6.45) is 6.95. The molecule has 1 N–H and O–H groups in total. The Balaban J connectivity index is 1.76. The van der Waals surface area contributed by atoms with Crippen LogP contribution < -0.4 is 0 Å². The Morgan fingerprint density at radius 2 is 1.65 bits per heavy atom. The maximum Gasteiger partial charge on any atom is 0.337 e. The van der Waals surface area contributed by atoms with E-state index in [1.807, 2.05) is 13.0 Å². The second kappa shape index (κ2) is 4.12. The van der Waals surface area contributed by atoms with Gasteiger partial charge in [-0.25, -0.2) is 4.79 Å². The number of carboxylic acid groups (broad SMARTS) is 1. The van der Waals surface area contributed by atoms with Gasteiger partial charge in [0.15, 0.2) is 0 Å². The quantitative estimate of drug-likeness (QED) is 0.890. The van der Waals surface area contributed by atoms with Gasteiger partial charge in [0.05, 0.1) is 5.56 Å². The molecular formula is C17H23NO2. The van der Waals surface area contributed by atoms with Gasteiger partial charge in [-0.2, -0.15) is 0 Å². The number of rotatable bonds is 2. The average molecular weight is 273 g/mol. The molecule has 0 aliphatic heterocycles. The number of nitrogens with zero attached hydrogens (tertiary/aromatic N) is 1. The van der Waals surface area contributed by atoms with Gasteiger partial charge in [0.25, 0.3) is 0 Å². The second-order valence-electron chi connectivity index (χ2n) is 7.38. The fraction of sp³-hybridized carbons (Fsp3) is 0.706. The van der Waals surface area contributed by atoms with Crippen molar-refractivity contribution in [2.75, 3.05) is 0 Å². The Morgan fingerprint density at radius 3 is 2.10 bits per heavy atom. The van der Waals surface area contributed by atoms with Gasteiger partial charge < -0.3 is 9.67 Å². The summed E-state index contributed by atoms with van der Waals surface area (Å²) in [4.78, 5) is 11.4. The third-order valence-electron chi connectivity index (χ3n) is 6.19. The van der Waals surface area contributed by atoms with Gasteiger partial charge in [0, 0.05) is 17.4 Å². The van der Waals surface area contributed by atoms with Crippen molar-refractivity contribution in [1.29, 1.82) is 0 Å². The van der Waals surface area contributed by atoms with Crippen molar-refractivity contribution in [1.82, 2.24) is 4.57 Å². The van der Waals surface area contributed by atoms with Gasteiger partial charge in [-0.15, -0.1) is 0 Å². The number of aromatic nitrogens is 1. The lowest BCUT2D eigenvalue weighted by molar-refractivity contribution is -0.0303. The Morgan fingerprint density at radius 1 is 1.10 bits per heavy atom. The summed E-state index contributed by atoms with van der Waals surface area (Å²) in [6, 6.07) is 2.43. The van der Waals surface area contributed by atoms with Crippen LogP contribution >= 0.6 is 0 Å². The Kier molecular flexibility index (Phi) is 2.57. The molecule has 4 fully saturated rings. The number of hydrogen-bond donors (Lipinski definition) is 1. The smallest absolute Gasteiger partial charge is 0.337 e. The normalized spacial score (nSPS) is 38.4. The molecule has 0 saturated heterocycles. The summed E-state index contributed by atoms with van der Waals surface area (Å²) < 4.78 is 2.37. The lowest BCUT2D eigenvalue weighted by Gasteiger charge is -2.55. The predicted molar refractivity (Wildman–Crippen MR) is 76.9 cm³/mol. The number of aryl methyl sites for hydroxylation is 1. The molecule has 0 unspecified atom stereocenters. The highest BCUT2D eigenvalue weighted by molar-refractivity contribution is 5.89. The first-order valence-corrected chi connectivity index (χ1v) is 7.96. The molecule has 4 bridgehead atoms. The molecule has 4 aliphatic rings. The molecule has 5 rings (SSSR count). The summed E-state index contributed by atoms with van der Waals surface area (Å²) in [6.45, 7) is 4.06. The van der Waals surface area contributed by atoms with Crippen molar-refractivity contribution < 1.29 is 9.90 Å². The zero-order chi connectivity index (χ0) is 14.0. The van der Waals surface area contributed by atoms with Crippen molar-refractivity contribution in [3.63, 3.8) is 0 Å². The summed E-state index contributed by atoms with van der Waals surface area (Å²) in [5.74, 6) is 2.72. The Labute approximate surface area is 120 Å². The molecule has 108 valence electrons. The topological polar surface area (TPSA) is 42.2 Å². The summed E-state index contributed by atoms with van der Waals surface area (Å²) >= 11 is 0. The van der Waals surface area contributed by atoms with Crippen molar-refractivity contribution in [2.24, 2.45) is 23.7 Å². The van der Waals surface area contributed by atoms with Crippen LogP contribution in [-0.4, -0.2) is 15.6 Å². The molecule has 1 heterocycles. The third-order valence-corrected chi connectivity index (χ3v) is 6.19. The van der Waals surface area contributed by atoms with E-state index in [9.17, 15) is 9.90 Å². The molecule has 0 atom stereocenters. The minimum atomic E-state index is -0.784. The lowest BCUT2D eigenvalue weighted by atomic mass is 9.54. The highest BCUT2D eigenvalue weighted by Crippen LogP contribution is 2.58. The number of carbonyl (C=O) groups is 1. The predicted octanol–water partition coefficient (Wildman–Crippen LogP) is 3.80. The Hall–Kier alpha value is -1.25. The first-order chi connectivity index (χ1) is 9.54. The molecule has 3 heteroatoms. The van der Waals surface area contributed by atoms with E-state index < -0.39 is 5.97 Å². The molecule has 3 nitrogen and oxygen atoms in total. The van der Waals surface area contributed by atoms with Crippen molar-refractivity contribution in [2.45, 2.75) is 52.0 Å². The van der Waals surface area contributed by atoms with E-state index in [0.717, 1.165) is 35.1 Å². The standard InChI is InChI=1S/C17H23NO2/c1-9-3-15(17(19)20)10(2)18(9)16-13-5-11-4-12(7-13)8-14(16)6-11/h3,11-14,16H,4-8H2,1-2H3,(H,19,20). The first kappa shape index (κ1) is 12.5. The van der Waals surface area contributed by atoms with Crippen molar-refractivity contribution in [3.8, 4) is 0 Å². The SMILES string of the molecule is Cc1cc(C(=O)O)c(C)n1C1C2CC3CC(C2)CC1C3. The molecule has 20 heavy (non-hydrogen) atoms. The summed E-state index contributed by atoms with van der Waals surface area (Å²) in [5, 5.41) is 9.34. The van der Waals surface area contributed by atoms with Gasteiger partial charge in [0.1, 0.15) is 0 Å². The van der Waals surface area contributed by atoms with Crippen LogP contribution in [0.15, 0.2) is 6.07 Å². The molecular weight excluding hydrogens is 250 g/mol. The minimum Gasteiger partial charge on any atom is -0.478 e. The van der Waals surface area contributed by atoms with Crippen LogP contribution in [0.3, 0.4) is 0 Å². The Bertz CT molecular complexity index is 544. The molecule has 4 saturated carbocycles. The largest absolute Gasteiger partial charge is 0.478 e. The molecule has 4 aliphatic carbocycles. The van der Waals surface area contributed by atoms with Crippen LogP contribution in [0.25, 0.3) is 0 Å². The number of carboxylic acids is 1. The molecule has 0 radical (unpaired) electrons. The van der Waals surface area contributed by atoms with Crippen molar-refractivity contribution in [3.05, 3.63) is 23.0 Å². The van der Waals surface area contributed by atoms with E-state index in [0.29, 0.717) is 11.6 Å². The zero-order valence-corrected chi connectivity index (χ0v) is 12.3. The highest BCUT2D eigenvalue weighted by Gasteiger charge is 2.49. The first-order valence-electron chi connectivity index (χ1n) is 7.96. The fourth-order valence-electron chi connectivity index (χ4n) is 5.77. The van der Waals surface area contributed by atoms with Gasteiger partial charge in [0.2, 0.25) is 0 Å². The van der Waals surface area contributed by atoms with E-state index in [4.69, 9.17) is 0 Å². The molecule has 0 spiro atoms. The van der Waals surface area contributed by atoms with E-state index in [2.05, 4.69) is 11.5 Å². The number of hydrogen-bond acceptors (Lipinski definition) is 1. The van der Waals surface area contributed by atoms with E-state index in [-0.39, 0.29) is 0 Å². The highest BCUT2D eigenvalue weighted by atomic mass is 16.4. The van der Waals surface area contributed by atoms with E-state index >= 15 is 0 Å². The summed E-state index contributed by atoms with van der Waals surface area (Å²) in [7, 11) is 0. The molecule has 1 aromatic heterocycles. The summed E-state index contributed by atoms with van der Waals surface area (Å²) in [5.41, 5.74) is 2.60. The van der Waals surface area contributed by atoms with Gasteiger partial charge >= 0.3 is 5.97 Å². The molecule has 0 amide bonds. The van der Waals surface area contributed by atoms with E-state index in [1.165, 1.54) is 32.1 Å². The van der Waals surface area contributed by atoms with Crippen LogP contribution in [0.1, 0.15) is 59.9 Å². The van der Waals surface area contributed by atoms with Gasteiger partial charge in [-0.05, 0) is 75.7 Å². The minimum absolute atomic E-state index is 0.497. The van der Waals surface area contributed by atoms with Crippen LogP contribution in [0.5, 0.6) is 0 Å². The molecule has 0 aromatic carbocycles. The second-order valence-corrected chi connectivity index (χ2v) is 7.38. The van der Waals surface area contributed by atoms with Crippen LogP contribution in [0.4, 0.5) is 0 Å². The fourth-order valence-corrected chi connectivity index (χ4v) is 5.77. The molecule has 1 aromatic rings. The van der Waals surface area contributed by atoms with Gasteiger partial charge in [-0.3, -0.25) is 0 Å². The monoisotopic (exact) mass is 273 g/mol. The van der Waals surface area contributed by atoms with E-state index in [1.54, 1.807) is 0 Å². The number of aromatic carboxylic acids is 1. The maximum atomic E-state index is 11.4. The third kappa shape index (κ3) is 1.61. The van der Waals surface area contributed by atoms with Crippen LogP contribution in [-0.2, 0) is 0 Å². The average Bonchev–Trinajstić information content (AvgIpc) is 2.65. The van der Waals surface area contributed by atoms with Crippen LogP contribution in [0, 0.1) is 37.5 Å². The van der Waals surface area contributed by atoms with Crippen LogP contribution in [0.2, 0.25) is 0 Å². The lowest BCUT2D eigenvalue weighted by Crippen LogP contribution is -2.46. The maximum absolute atomic E-state index is 11.4.